The zero-order valence-electron chi connectivity index (χ0n) is 17.8. The van der Waals surface area contributed by atoms with E-state index in [0.29, 0.717) is 6.04 Å². The lowest BCUT2D eigenvalue weighted by molar-refractivity contribution is 0.697. The summed E-state index contributed by atoms with van der Waals surface area (Å²) >= 11 is 6.95. The van der Waals surface area contributed by atoms with E-state index in [2.05, 4.69) is 117 Å². The van der Waals surface area contributed by atoms with Gasteiger partial charge in [0.2, 0.25) is 0 Å². The van der Waals surface area contributed by atoms with Gasteiger partial charge in [-0.2, -0.15) is 0 Å². The molecule has 0 amide bonds. The number of fused-ring (bicyclic) bond motifs is 1. The van der Waals surface area contributed by atoms with Crippen LogP contribution in [0, 0.1) is 0 Å². The molecule has 1 aliphatic heterocycles. The van der Waals surface area contributed by atoms with Crippen molar-refractivity contribution in [2.75, 3.05) is 11.4 Å². The van der Waals surface area contributed by atoms with Gasteiger partial charge in [0.05, 0.1) is 6.04 Å². The minimum Gasteiger partial charge on any atom is -0.364 e. The Bertz CT molecular complexity index is 877. The molecule has 3 aromatic rings. The fourth-order valence-corrected chi connectivity index (χ4v) is 4.32. The summed E-state index contributed by atoms with van der Waals surface area (Å²) in [7, 11) is 0. The molecule has 0 radical (unpaired) electrons. The fraction of sp³-hybridized carbons (Fsp3) is 0.308. The topological polar surface area (TPSA) is 3.24 Å². The van der Waals surface area contributed by atoms with Crippen molar-refractivity contribution in [2.24, 2.45) is 0 Å². The van der Waals surface area contributed by atoms with E-state index in [1.54, 1.807) is 0 Å². The minimum atomic E-state index is 0.439. The lowest BCUT2D eigenvalue weighted by Crippen LogP contribution is -2.24. The summed E-state index contributed by atoms with van der Waals surface area (Å²) in [5.41, 5.74) is 5.60. The van der Waals surface area contributed by atoms with Gasteiger partial charge in [0.15, 0.2) is 0 Å². The normalized spacial score (nSPS) is 12.8. The van der Waals surface area contributed by atoms with E-state index in [9.17, 15) is 0 Å². The Morgan fingerprint density at radius 2 is 1.55 bits per heavy atom. The first-order chi connectivity index (χ1) is 14.1. The van der Waals surface area contributed by atoms with E-state index in [1.165, 1.54) is 31.3 Å². The molecule has 0 saturated heterocycles. The SMILES string of the molecule is CC.CC(c1ccccc1)N1CCc2cc(Br)ccc21.CCc1cccc(Br)c1. The monoisotopic (exact) mass is 515 g/mol. The average Bonchev–Trinajstić information content (AvgIpc) is 3.18. The molecule has 0 spiro atoms. The smallest absolute Gasteiger partial charge is 0.0514 e. The van der Waals surface area contributed by atoms with Gasteiger partial charge in [0.1, 0.15) is 0 Å². The maximum atomic E-state index is 3.55. The third kappa shape index (κ3) is 6.72. The van der Waals surface area contributed by atoms with Crippen molar-refractivity contribution in [1.29, 1.82) is 0 Å². The van der Waals surface area contributed by atoms with E-state index in [0.717, 1.165) is 19.4 Å². The van der Waals surface area contributed by atoms with Gasteiger partial charge in [0.25, 0.3) is 0 Å². The molecule has 1 heterocycles. The van der Waals surface area contributed by atoms with Crippen molar-refractivity contribution in [3.63, 3.8) is 0 Å². The predicted molar refractivity (Wildman–Crippen MR) is 135 cm³/mol. The summed E-state index contributed by atoms with van der Waals surface area (Å²) in [5, 5.41) is 0. The second-order valence-electron chi connectivity index (χ2n) is 6.79. The molecule has 1 aliphatic rings. The van der Waals surface area contributed by atoms with E-state index >= 15 is 0 Å². The average molecular weight is 517 g/mol. The van der Waals surface area contributed by atoms with Gasteiger partial charge in [-0.15, -0.1) is 0 Å². The zero-order chi connectivity index (χ0) is 21.2. The minimum absolute atomic E-state index is 0.439. The van der Waals surface area contributed by atoms with Crippen LogP contribution in [0.5, 0.6) is 0 Å². The first-order valence-electron chi connectivity index (χ1n) is 10.4. The molecule has 1 unspecified atom stereocenters. The fourth-order valence-electron chi connectivity index (χ4n) is 3.47. The number of hydrogen-bond acceptors (Lipinski definition) is 1. The number of rotatable bonds is 3. The molecule has 0 bridgehead atoms. The van der Waals surface area contributed by atoms with Crippen molar-refractivity contribution in [1.82, 2.24) is 0 Å². The van der Waals surface area contributed by atoms with Gasteiger partial charge < -0.3 is 4.90 Å². The molecule has 0 aromatic heterocycles. The first-order valence-corrected chi connectivity index (χ1v) is 12.0. The molecule has 154 valence electrons. The number of halogens is 2. The summed E-state index contributed by atoms with van der Waals surface area (Å²) in [6.07, 6.45) is 2.26. The van der Waals surface area contributed by atoms with Crippen LogP contribution < -0.4 is 4.90 Å². The van der Waals surface area contributed by atoms with Crippen LogP contribution in [0.3, 0.4) is 0 Å². The number of nitrogens with zero attached hydrogens (tertiary/aromatic N) is 1. The van der Waals surface area contributed by atoms with Crippen molar-refractivity contribution >= 4 is 37.5 Å². The molecule has 0 saturated carbocycles. The van der Waals surface area contributed by atoms with Crippen LogP contribution >= 0.6 is 31.9 Å². The van der Waals surface area contributed by atoms with Crippen LogP contribution in [-0.4, -0.2) is 6.54 Å². The summed E-state index contributed by atoms with van der Waals surface area (Å²) in [4.78, 5) is 2.50. The molecule has 0 aliphatic carbocycles. The largest absolute Gasteiger partial charge is 0.364 e. The highest BCUT2D eigenvalue weighted by atomic mass is 79.9. The van der Waals surface area contributed by atoms with Gasteiger partial charge in [-0.25, -0.2) is 0 Å². The highest BCUT2D eigenvalue weighted by Gasteiger charge is 2.24. The second-order valence-corrected chi connectivity index (χ2v) is 8.62. The van der Waals surface area contributed by atoms with Crippen LogP contribution in [-0.2, 0) is 12.8 Å². The van der Waals surface area contributed by atoms with Crippen LogP contribution in [0.4, 0.5) is 5.69 Å². The lowest BCUT2D eigenvalue weighted by atomic mass is 10.1. The molecular weight excluding hydrogens is 486 g/mol. The van der Waals surface area contributed by atoms with Crippen molar-refractivity contribution in [2.45, 2.75) is 46.6 Å². The third-order valence-corrected chi connectivity index (χ3v) is 6.01. The molecule has 0 N–H and O–H groups in total. The van der Waals surface area contributed by atoms with E-state index in [-0.39, 0.29) is 0 Å². The van der Waals surface area contributed by atoms with Crippen LogP contribution in [0.15, 0.2) is 81.7 Å². The first kappa shape index (κ1) is 23.7. The van der Waals surface area contributed by atoms with Crippen molar-refractivity contribution in [3.05, 3.63) is 98.4 Å². The Hall–Kier alpha value is -1.58. The standard InChI is InChI=1S/C16H16BrN.C8H9Br.C2H6/c1-12(13-5-3-2-4-6-13)18-10-9-14-11-15(17)7-8-16(14)18;1-2-7-4-3-5-8(9)6-7;1-2/h2-8,11-12H,9-10H2,1H3;3-6H,2H2,1H3;1-2H3. The van der Waals surface area contributed by atoms with Gasteiger partial charge in [-0.3, -0.25) is 0 Å². The Balaban J connectivity index is 0.000000231. The molecule has 1 atom stereocenters. The van der Waals surface area contributed by atoms with E-state index < -0.39 is 0 Å². The quantitative estimate of drug-likeness (QED) is 0.336. The maximum absolute atomic E-state index is 3.55. The maximum Gasteiger partial charge on any atom is 0.0514 e. The number of aryl methyl sites for hydroxylation is 1. The third-order valence-electron chi connectivity index (χ3n) is 5.02. The highest BCUT2D eigenvalue weighted by molar-refractivity contribution is 9.10. The lowest BCUT2D eigenvalue weighted by Gasteiger charge is -2.27. The van der Waals surface area contributed by atoms with Gasteiger partial charge in [-0.1, -0.05) is 95.1 Å². The molecule has 1 nitrogen and oxygen atoms in total. The Kier molecular flexibility index (Phi) is 9.96. The number of benzene rings is 3. The molecular formula is C26H31Br2N. The zero-order valence-corrected chi connectivity index (χ0v) is 21.0. The number of anilines is 1. The molecule has 0 fully saturated rings. The van der Waals surface area contributed by atoms with Gasteiger partial charge in [-0.05, 0) is 66.8 Å². The predicted octanol–water partition coefficient (Wildman–Crippen LogP) is 8.61. The Labute approximate surface area is 193 Å². The van der Waals surface area contributed by atoms with Crippen molar-refractivity contribution in [3.8, 4) is 0 Å². The summed E-state index contributed by atoms with van der Waals surface area (Å²) < 4.78 is 2.34. The number of hydrogen-bond donors (Lipinski definition) is 0. The van der Waals surface area contributed by atoms with E-state index in [1.807, 2.05) is 19.9 Å². The van der Waals surface area contributed by atoms with Crippen LogP contribution in [0.2, 0.25) is 0 Å². The summed E-state index contributed by atoms with van der Waals surface area (Å²) in [5.74, 6) is 0. The summed E-state index contributed by atoms with van der Waals surface area (Å²) in [6.45, 7) is 9.55. The van der Waals surface area contributed by atoms with Crippen LogP contribution in [0.25, 0.3) is 0 Å². The van der Waals surface area contributed by atoms with Crippen LogP contribution in [0.1, 0.15) is 50.4 Å². The van der Waals surface area contributed by atoms with Crippen molar-refractivity contribution < 1.29 is 0 Å². The Morgan fingerprint density at radius 1 is 0.862 bits per heavy atom. The molecule has 3 aromatic carbocycles. The van der Waals surface area contributed by atoms with Gasteiger partial charge >= 0.3 is 0 Å². The highest BCUT2D eigenvalue weighted by Crippen LogP contribution is 2.36. The Morgan fingerprint density at radius 3 is 2.17 bits per heavy atom. The molecule has 4 rings (SSSR count). The molecule has 29 heavy (non-hydrogen) atoms. The van der Waals surface area contributed by atoms with Gasteiger partial charge in [0, 0.05) is 21.2 Å². The second kappa shape index (κ2) is 12.2. The molecule has 3 heteroatoms. The summed E-state index contributed by atoms with van der Waals surface area (Å²) in [6, 6.07) is 26.1. The van der Waals surface area contributed by atoms with E-state index in [4.69, 9.17) is 0 Å².